The number of hydrogen-bond donors (Lipinski definition) is 3. The van der Waals surface area contributed by atoms with Gasteiger partial charge in [-0.15, -0.1) is 0 Å². The highest BCUT2D eigenvalue weighted by Crippen LogP contribution is 2.20. The number of para-hydroxylation sites is 2. The summed E-state index contributed by atoms with van der Waals surface area (Å²) < 4.78 is 5.12. The Balaban J connectivity index is 2.14. The molecule has 0 fully saturated rings. The zero-order valence-corrected chi connectivity index (χ0v) is 11.1. The third-order valence-corrected chi connectivity index (χ3v) is 2.97. The van der Waals surface area contributed by atoms with Gasteiger partial charge < -0.3 is 21.3 Å². The Morgan fingerprint density at radius 1 is 1.00 bits per heavy atom. The molecule has 0 unspecified atom stereocenters. The number of esters is 1. The van der Waals surface area contributed by atoms with Crippen LogP contribution in [-0.2, 0) is 11.3 Å². The molecule has 0 atom stereocenters. The highest BCUT2D eigenvalue weighted by molar-refractivity contribution is 5.95. The first kappa shape index (κ1) is 14.4. The van der Waals surface area contributed by atoms with Crippen molar-refractivity contribution in [2.45, 2.75) is 6.61 Å². The maximum absolute atomic E-state index is 11.9. The van der Waals surface area contributed by atoms with E-state index in [0.717, 1.165) is 0 Å². The SMILES string of the molecule is Nc1ccccc1C(=O)OCc1cccc(C(=O)O)c1N. The van der Waals surface area contributed by atoms with Crippen LogP contribution in [0.5, 0.6) is 0 Å². The molecule has 0 saturated heterocycles. The standard InChI is InChI=1S/C15H14N2O4/c16-12-7-2-1-5-10(12)15(20)21-8-9-4-3-6-11(13(9)17)14(18)19/h1-7H,8,16-17H2,(H,18,19). The summed E-state index contributed by atoms with van der Waals surface area (Å²) in [4.78, 5) is 22.9. The van der Waals surface area contributed by atoms with E-state index in [1.165, 1.54) is 6.07 Å². The molecule has 0 spiro atoms. The molecule has 0 heterocycles. The van der Waals surface area contributed by atoms with Gasteiger partial charge in [0, 0.05) is 11.3 Å². The van der Waals surface area contributed by atoms with Crippen molar-refractivity contribution in [3.8, 4) is 0 Å². The molecule has 0 aliphatic rings. The van der Waals surface area contributed by atoms with Crippen LogP contribution in [0, 0.1) is 0 Å². The Hall–Kier alpha value is -3.02. The van der Waals surface area contributed by atoms with Gasteiger partial charge in [-0.05, 0) is 18.2 Å². The van der Waals surface area contributed by atoms with E-state index in [-0.39, 0.29) is 23.4 Å². The number of ether oxygens (including phenoxy) is 1. The summed E-state index contributed by atoms with van der Waals surface area (Å²) in [5.74, 6) is -1.72. The minimum absolute atomic E-state index is 0.0252. The third kappa shape index (κ3) is 3.11. The third-order valence-electron chi connectivity index (χ3n) is 2.97. The molecule has 2 aromatic carbocycles. The Labute approximate surface area is 120 Å². The summed E-state index contributed by atoms with van der Waals surface area (Å²) in [5, 5.41) is 8.98. The fourth-order valence-electron chi connectivity index (χ4n) is 1.83. The predicted octanol–water partition coefficient (Wildman–Crippen LogP) is 1.91. The van der Waals surface area contributed by atoms with Gasteiger partial charge in [-0.2, -0.15) is 0 Å². The van der Waals surface area contributed by atoms with Crippen LogP contribution in [0.25, 0.3) is 0 Å². The van der Waals surface area contributed by atoms with Crippen molar-refractivity contribution >= 4 is 23.3 Å². The summed E-state index contributed by atoms with van der Waals surface area (Å²) >= 11 is 0. The average Bonchev–Trinajstić information content (AvgIpc) is 2.46. The number of benzene rings is 2. The molecule has 0 aliphatic carbocycles. The summed E-state index contributed by atoms with van der Waals surface area (Å²) in [6.45, 7) is -0.125. The van der Waals surface area contributed by atoms with Gasteiger partial charge in [0.05, 0.1) is 16.8 Å². The number of carbonyl (C=O) groups is 2. The summed E-state index contributed by atoms with van der Waals surface area (Å²) in [5.41, 5.74) is 12.5. The minimum atomic E-state index is -1.13. The Morgan fingerprint density at radius 3 is 2.33 bits per heavy atom. The summed E-state index contributed by atoms with van der Waals surface area (Å²) in [7, 11) is 0. The molecule has 2 aromatic rings. The number of aromatic carboxylic acids is 1. The smallest absolute Gasteiger partial charge is 0.340 e. The first-order chi connectivity index (χ1) is 10.0. The zero-order valence-electron chi connectivity index (χ0n) is 11.1. The van der Waals surface area contributed by atoms with Crippen LogP contribution < -0.4 is 11.5 Å². The van der Waals surface area contributed by atoms with Gasteiger partial charge in [0.25, 0.3) is 0 Å². The number of anilines is 2. The van der Waals surface area contributed by atoms with Crippen molar-refractivity contribution < 1.29 is 19.4 Å². The molecule has 0 aromatic heterocycles. The largest absolute Gasteiger partial charge is 0.478 e. The molecule has 6 heteroatoms. The molecule has 0 saturated carbocycles. The second-order valence-electron chi connectivity index (χ2n) is 4.35. The lowest BCUT2D eigenvalue weighted by atomic mass is 10.1. The second kappa shape index (κ2) is 5.96. The predicted molar refractivity (Wildman–Crippen MR) is 77.8 cm³/mol. The molecule has 5 N–H and O–H groups in total. The molecule has 0 radical (unpaired) electrons. The van der Waals surface area contributed by atoms with E-state index in [1.54, 1.807) is 36.4 Å². The van der Waals surface area contributed by atoms with Gasteiger partial charge in [0.2, 0.25) is 0 Å². The normalized spacial score (nSPS) is 10.1. The number of rotatable bonds is 4. The van der Waals surface area contributed by atoms with Crippen LogP contribution in [0.1, 0.15) is 26.3 Å². The molecule has 108 valence electrons. The Morgan fingerprint density at radius 2 is 1.67 bits per heavy atom. The number of carboxylic acid groups (broad SMARTS) is 1. The number of carbonyl (C=O) groups excluding carboxylic acids is 1. The van der Waals surface area contributed by atoms with Gasteiger partial charge in [-0.1, -0.05) is 24.3 Å². The van der Waals surface area contributed by atoms with Crippen molar-refractivity contribution in [3.05, 3.63) is 59.2 Å². The van der Waals surface area contributed by atoms with E-state index in [1.807, 2.05) is 0 Å². The van der Waals surface area contributed by atoms with Gasteiger partial charge in [-0.3, -0.25) is 0 Å². The summed E-state index contributed by atoms with van der Waals surface area (Å²) in [6, 6.07) is 11.1. The Kier molecular flexibility index (Phi) is 4.08. The number of hydrogen-bond acceptors (Lipinski definition) is 5. The molecule has 21 heavy (non-hydrogen) atoms. The van der Waals surface area contributed by atoms with Crippen molar-refractivity contribution in [1.82, 2.24) is 0 Å². The quantitative estimate of drug-likeness (QED) is 0.584. The van der Waals surface area contributed by atoms with Crippen molar-refractivity contribution in [2.24, 2.45) is 0 Å². The molecule has 0 bridgehead atoms. The van der Waals surface area contributed by atoms with Crippen LogP contribution in [-0.4, -0.2) is 17.0 Å². The van der Waals surface area contributed by atoms with E-state index in [2.05, 4.69) is 0 Å². The van der Waals surface area contributed by atoms with Crippen LogP contribution in [0.3, 0.4) is 0 Å². The van der Waals surface area contributed by atoms with Gasteiger partial charge in [0.1, 0.15) is 6.61 Å². The van der Waals surface area contributed by atoms with Crippen LogP contribution in [0.4, 0.5) is 11.4 Å². The van der Waals surface area contributed by atoms with Crippen LogP contribution >= 0.6 is 0 Å². The molecule has 2 rings (SSSR count). The van der Waals surface area contributed by atoms with Gasteiger partial charge >= 0.3 is 11.9 Å². The first-order valence-electron chi connectivity index (χ1n) is 6.13. The second-order valence-corrected chi connectivity index (χ2v) is 4.35. The van der Waals surface area contributed by atoms with Gasteiger partial charge in [0.15, 0.2) is 0 Å². The monoisotopic (exact) mass is 286 g/mol. The number of nitrogen functional groups attached to an aromatic ring is 2. The molecule has 0 aliphatic heterocycles. The molecular weight excluding hydrogens is 272 g/mol. The van der Waals surface area contributed by atoms with Crippen LogP contribution in [0.15, 0.2) is 42.5 Å². The Bertz CT molecular complexity index is 698. The average molecular weight is 286 g/mol. The zero-order chi connectivity index (χ0) is 15.4. The van der Waals surface area contributed by atoms with Crippen LogP contribution in [0.2, 0.25) is 0 Å². The fourth-order valence-corrected chi connectivity index (χ4v) is 1.83. The van der Waals surface area contributed by atoms with E-state index in [4.69, 9.17) is 21.3 Å². The number of nitrogens with two attached hydrogens (primary N) is 2. The van der Waals surface area contributed by atoms with Crippen molar-refractivity contribution in [2.75, 3.05) is 11.5 Å². The van der Waals surface area contributed by atoms with E-state index < -0.39 is 11.9 Å². The van der Waals surface area contributed by atoms with E-state index in [0.29, 0.717) is 11.3 Å². The number of carboxylic acids is 1. The highest BCUT2D eigenvalue weighted by atomic mass is 16.5. The van der Waals surface area contributed by atoms with E-state index in [9.17, 15) is 9.59 Å². The lowest BCUT2D eigenvalue weighted by Crippen LogP contribution is -2.10. The van der Waals surface area contributed by atoms with Crippen molar-refractivity contribution in [3.63, 3.8) is 0 Å². The highest BCUT2D eigenvalue weighted by Gasteiger charge is 2.14. The van der Waals surface area contributed by atoms with Crippen molar-refractivity contribution in [1.29, 1.82) is 0 Å². The summed E-state index contributed by atoms with van der Waals surface area (Å²) in [6.07, 6.45) is 0. The first-order valence-corrected chi connectivity index (χ1v) is 6.13. The molecule has 6 nitrogen and oxygen atoms in total. The molecular formula is C15H14N2O4. The van der Waals surface area contributed by atoms with Gasteiger partial charge in [-0.25, -0.2) is 9.59 Å². The lowest BCUT2D eigenvalue weighted by Gasteiger charge is -2.10. The maximum Gasteiger partial charge on any atom is 0.340 e. The minimum Gasteiger partial charge on any atom is -0.478 e. The fraction of sp³-hybridized carbons (Fsp3) is 0.0667. The lowest BCUT2D eigenvalue weighted by molar-refractivity contribution is 0.0475. The van der Waals surface area contributed by atoms with E-state index >= 15 is 0 Å². The topological polar surface area (TPSA) is 116 Å². The molecule has 0 amide bonds. The maximum atomic E-state index is 11.9.